The van der Waals surface area contributed by atoms with Gasteiger partial charge in [0.25, 0.3) is 6.43 Å². The van der Waals surface area contributed by atoms with Crippen molar-refractivity contribution < 1.29 is 17.6 Å². The maximum Gasteiger partial charge on any atom is 0.267 e. The molecule has 1 rings (SSSR count). The summed E-state index contributed by atoms with van der Waals surface area (Å²) >= 11 is 5.39. The Hall–Kier alpha value is -0.100. The number of hydrogen-bond donors (Lipinski definition) is 0. The normalized spacial score (nSPS) is 11.0. The van der Waals surface area contributed by atoms with E-state index in [2.05, 4.69) is 31.9 Å². The predicted molar refractivity (Wildman–Crippen MR) is 46.7 cm³/mol. The average Bonchev–Trinajstić information content (AvgIpc) is 1.99. The topological polar surface area (TPSA) is 0 Å². The SMILES string of the molecule is Fc1cc(F)c(C(F)F)c(Br)c1Br. The van der Waals surface area contributed by atoms with Crippen molar-refractivity contribution in [2.45, 2.75) is 6.43 Å². The van der Waals surface area contributed by atoms with Crippen LogP contribution in [0.4, 0.5) is 17.6 Å². The molecule has 0 N–H and O–H groups in total. The first-order chi connectivity index (χ1) is 5.95. The van der Waals surface area contributed by atoms with Crippen LogP contribution in [0.1, 0.15) is 12.0 Å². The van der Waals surface area contributed by atoms with E-state index in [4.69, 9.17) is 0 Å². The molecule has 0 fully saturated rings. The lowest BCUT2D eigenvalue weighted by molar-refractivity contribution is 0.145. The zero-order valence-electron chi connectivity index (χ0n) is 5.92. The number of alkyl halides is 2. The van der Waals surface area contributed by atoms with Crippen LogP contribution in [0.2, 0.25) is 0 Å². The van der Waals surface area contributed by atoms with E-state index in [1.807, 2.05) is 0 Å². The molecule has 1 aromatic carbocycles. The summed E-state index contributed by atoms with van der Waals surface area (Å²) in [5.74, 6) is -2.18. The smallest absolute Gasteiger partial charge is 0.206 e. The van der Waals surface area contributed by atoms with Crippen molar-refractivity contribution in [3.05, 3.63) is 32.2 Å². The third-order valence-electron chi connectivity index (χ3n) is 1.37. The molecule has 1 aromatic rings. The lowest BCUT2D eigenvalue weighted by Crippen LogP contribution is -1.95. The summed E-state index contributed by atoms with van der Waals surface area (Å²) in [6.07, 6.45) is -2.98. The van der Waals surface area contributed by atoms with Crippen molar-refractivity contribution in [2.75, 3.05) is 0 Å². The van der Waals surface area contributed by atoms with Gasteiger partial charge < -0.3 is 0 Å². The summed E-state index contributed by atoms with van der Waals surface area (Å²) in [6, 6.07) is 0.413. The van der Waals surface area contributed by atoms with Crippen LogP contribution in [0.15, 0.2) is 15.0 Å². The Kier molecular flexibility index (Phi) is 3.34. The maximum absolute atomic E-state index is 12.8. The molecule has 0 aliphatic carbocycles. The van der Waals surface area contributed by atoms with E-state index in [0.717, 1.165) is 0 Å². The molecule has 0 aliphatic heterocycles. The number of benzene rings is 1. The zero-order valence-corrected chi connectivity index (χ0v) is 9.09. The highest BCUT2D eigenvalue weighted by Crippen LogP contribution is 2.36. The van der Waals surface area contributed by atoms with Crippen molar-refractivity contribution in [1.82, 2.24) is 0 Å². The second kappa shape index (κ2) is 3.96. The molecule has 72 valence electrons. The molecule has 0 amide bonds. The van der Waals surface area contributed by atoms with Gasteiger partial charge in [0.05, 0.1) is 10.0 Å². The van der Waals surface area contributed by atoms with E-state index >= 15 is 0 Å². The van der Waals surface area contributed by atoms with E-state index in [9.17, 15) is 17.6 Å². The summed E-state index contributed by atoms with van der Waals surface area (Å²) in [6.45, 7) is 0. The Bertz CT molecular complexity index is 338. The van der Waals surface area contributed by atoms with Crippen LogP contribution in [0, 0.1) is 11.6 Å². The van der Waals surface area contributed by atoms with Gasteiger partial charge in [0.1, 0.15) is 11.6 Å². The van der Waals surface area contributed by atoms with E-state index in [1.165, 1.54) is 0 Å². The molecule has 0 radical (unpaired) electrons. The second-order valence-electron chi connectivity index (χ2n) is 2.18. The maximum atomic E-state index is 12.8. The average molecular weight is 322 g/mol. The van der Waals surface area contributed by atoms with Gasteiger partial charge in [0.2, 0.25) is 0 Å². The van der Waals surface area contributed by atoms with Gasteiger partial charge in [-0.3, -0.25) is 0 Å². The van der Waals surface area contributed by atoms with Gasteiger partial charge in [-0.05, 0) is 31.9 Å². The van der Waals surface area contributed by atoms with Gasteiger partial charge in [0.15, 0.2) is 0 Å². The lowest BCUT2D eigenvalue weighted by atomic mass is 10.2. The van der Waals surface area contributed by atoms with Gasteiger partial charge >= 0.3 is 0 Å². The Morgan fingerprint density at radius 3 is 2.00 bits per heavy atom. The number of rotatable bonds is 1. The highest BCUT2D eigenvalue weighted by Gasteiger charge is 2.21. The highest BCUT2D eigenvalue weighted by molar-refractivity contribution is 9.13. The third-order valence-corrected chi connectivity index (χ3v) is 3.50. The Morgan fingerprint density at radius 2 is 1.54 bits per heavy atom. The molecule has 6 heteroatoms. The fraction of sp³-hybridized carbons (Fsp3) is 0.143. The highest BCUT2D eigenvalue weighted by atomic mass is 79.9. The van der Waals surface area contributed by atoms with Crippen molar-refractivity contribution in [3.8, 4) is 0 Å². The summed E-state index contributed by atoms with van der Waals surface area (Å²) < 4.78 is 49.4. The van der Waals surface area contributed by atoms with Gasteiger partial charge in [-0.25, -0.2) is 17.6 Å². The summed E-state index contributed by atoms with van der Waals surface area (Å²) in [4.78, 5) is 0. The third kappa shape index (κ3) is 2.04. The van der Waals surface area contributed by atoms with E-state index in [1.54, 1.807) is 0 Å². The molecule has 13 heavy (non-hydrogen) atoms. The van der Waals surface area contributed by atoms with Crippen molar-refractivity contribution in [3.63, 3.8) is 0 Å². The first kappa shape index (κ1) is 11.0. The molecule has 0 heterocycles. The van der Waals surface area contributed by atoms with Crippen LogP contribution >= 0.6 is 31.9 Å². The lowest BCUT2D eigenvalue weighted by Gasteiger charge is -2.07. The summed E-state index contributed by atoms with van der Waals surface area (Å²) in [7, 11) is 0. The van der Waals surface area contributed by atoms with Gasteiger partial charge in [-0.15, -0.1) is 0 Å². The molecule has 0 nitrogen and oxygen atoms in total. The summed E-state index contributed by atoms with van der Waals surface area (Å²) in [5.41, 5.74) is -0.840. The first-order valence-electron chi connectivity index (χ1n) is 3.06. The molecule has 0 saturated carbocycles. The van der Waals surface area contributed by atoms with Gasteiger partial charge in [0, 0.05) is 10.5 Å². The number of halogens is 6. The summed E-state index contributed by atoms with van der Waals surface area (Å²) in [5, 5.41) is 0. The number of hydrogen-bond acceptors (Lipinski definition) is 0. The first-order valence-corrected chi connectivity index (χ1v) is 4.64. The van der Waals surface area contributed by atoms with Crippen LogP contribution in [-0.4, -0.2) is 0 Å². The van der Waals surface area contributed by atoms with Gasteiger partial charge in [-0.2, -0.15) is 0 Å². The Balaban J connectivity index is 3.44. The second-order valence-corrected chi connectivity index (χ2v) is 3.77. The molecule has 0 saturated heterocycles. The minimum atomic E-state index is -2.98. The van der Waals surface area contributed by atoms with Crippen LogP contribution in [0.25, 0.3) is 0 Å². The fourth-order valence-electron chi connectivity index (χ4n) is 0.780. The van der Waals surface area contributed by atoms with Gasteiger partial charge in [-0.1, -0.05) is 0 Å². The van der Waals surface area contributed by atoms with Crippen molar-refractivity contribution >= 4 is 31.9 Å². The molecule has 0 aromatic heterocycles. The zero-order chi connectivity index (χ0) is 10.2. The molecule has 0 spiro atoms. The monoisotopic (exact) mass is 320 g/mol. The standard InChI is InChI=1S/C7H2Br2F4/c8-5-3(11)1-2(10)4(6(5)9)7(12)13/h1,7H. The van der Waals surface area contributed by atoms with Crippen LogP contribution in [-0.2, 0) is 0 Å². The van der Waals surface area contributed by atoms with Crippen LogP contribution in [0.3, 0.4) is 0 Å². The molecule has 0 aliphatic rings. The van der Waals surface area contributed by atoms with Crippen molar-refractivity contribution in [1.29, 1.82) is 0 Å². The minimum Gasteiger partial charge on any atom is -0.206 e. The fourth-order valence-corrected chi connectivity index (χ4v) is 1.66. The van der Waals surface area contributed by atoms with E-state index in [-0.39, 0.29) is 8.95 Å². The van der Waals surface area contributed by atoms with Crippen LogP contribution in [0.5, 0.6) is 0 Å². The van der Waals surface area contributed by atoms with Crippen LogP contribution < -0.4 is 0 Å². The van der Waals surface area contributed by atoms with Crippen molar-refractivity contribution in [2.24, 2.45) is 0 Å². The minimum absolute atomic E-state index is 0.204. The van der Waals surface area contributed by atoms with E-state index < -0.39 is 23.6 Å². The predicted octanol–water partition coefficient (Wildman–Crippen LogP) is 4.43. The molecule has 0 unspecified atom stereocenters. The largest absolute Gasteiger partial charge is 0.267 e. The molecule has 0 bridgehead atoms. The molecular formula is C7H2Br2F4. The Labute approximate surface area is 88.2 Å². The van der Waals surface area contributed by atoms with E-state index in [0.29, 0.717) is 6.07 Å². The molecule has 0 atom stereocenters. The Morgan fingerprint density at radius 1 is 1.00 bits per heavy atom. The quantitative estimate of drug-likeness (QED) is 0.408. The molecular weight excluding hydrogens is 320 g/mol.